The van der Waals surface area contributed by atoms with Crippen LogP contribution in [0.4, 0.5) is 0 Å². The molecule has 0 radical (unpaired) electrons. The van der Waals surface area contributed by atoms with Gasteiger partial charge in [0, 0.05) is 37.2 Å². The van der Waals surface area contributed by atoms with Gasteiger partial charge >= 0.3 is 5.63 Å². The molecule has 0 unspecified atom stereocenters. The van der Waals surface area contributed by atoms with E-state index in [4.69, 9.17) is 9.15 Å². The van der Waals surface area contributed by atoms with Gasteiger partial charge < -0.3 is 14.3 Å². The number of hydrogen-bond acceptors (Lipinski definition) is 6. The molecule has 6 heteroatoms. The van der Waals surface area contributed by atoms with E-state index in [2.05, 4.69) is 21.7 Å². The monoisotopic (exact) mass is 343 g/mol. The number of phenols is 1. The van der Waals surface area contributed by atoms with Crippen molar-refractivity contribution >= 4 is 22.3 Å². The third-order valence-corrected chi connectivity index (χ3v) is 4.97. The van der Waals surface area contributed by atoms with Crippen molar-refractivity contribution in [2.45, 2.75) is 12.6 Å². The summed E-state index contributed by atoms with van der Waals surface area (Å²) >= 11 is 1.67. The van der Waals surface area contributed by atoms with Crippen molar-refractivity contribution in [1.82, 2.24) is 4.90 Å². The minimum Gasteiger partial charge on any atom is -0.508 e. The highest BCUT2D eigenvalue weighted by molar-refractivity contribution is 7.07. The maximum Gasteiger partial charge on any atom is 0.336 e. The molecule has 5 nitrogen and oxygen atoms in total. The van der Waals surface area contributed by atoms with Crippen molar-refractivity contribution in [3.05, 3.63) is 62.6 Å². The first-order valence-corrected chi connectivity index (χ1v) is 8.75. The predicted molar refractivity (Wildman–Crippen MR) is 92.4 cm³/mol. The molecule has 1 saturated heterocycles. The van der Waals surface area contributed by atoms with Crippen molar-refractivity contribution in [2.24, 2.45) is 0 Å². The molecule has 0 bridgehead atoms. The van der Waals surface area contributed by atoms with Gasteiger partial charge in [0.15, 0.2) is 0 Å². The van der Waals surface area contributed by atoms with E-state index >= 15 is 0 Å². The van der Waals surface area contributed by atoms with Crippen molar-refractivity contribution in [2.75, 3.05) is 19.7 Å². The number of nitrogens with zero attached hydrogens (tertiary/aromatic N) is 1. The highest BCUT2D eigenvalue weighted by atomic mass is 32.1. The van der Waals surface area contributed by atoms with Crippen LogP contribution in [0.1, 0.15) is 17.2 Å². The number of fused-ring (bicyclic) bond motifs is 1. The molecule has 24 heavy (non-hydrogen) atoms. The van der Waals surface area contributed by atoms with Crippen LogP contribution in [0.3, 0.4) is 0 Å². The average molecular weight is 343 g/mol. The number of aromatic hydroxyl groups is 1. The lowest BCUT2D eigenvalue weighted by atomic mass is 10.1. The smallest absolute Gasteiger partial charge is 0.336 e. The predicted octanol–water partition coefficient (Wildman–Crippen LogP) is 3.13. The highest BCUT2D eigenvalue weighted by Crippen LogP contribution is 2.27. The molecule has 1 fully saturated rings. The lowest BCUT2D eigenvalue weighted by Crippen LogP contribution is -2.37. The van der Waals surface area contributed by atoms with E-state index in [1.54, 1.807) is 23.5 Å². The number of rotatable bonds is 3. The van der Waals surface area contributed by atoms with E-state index in [1.807, 2.05) is 0 Å². The standard InChI is InChI=1S/C18H17NO4S/c20-14-1-2-15-13(7-18(21)23-16(15)8-14)9-19-4-5-22-17(10-19)12-3-6-24-11-12/h1-3,6-8,11,17,20H,4-5,9-10H2/t17-/m0/s1. The number of thiophene rings is 1. The molecule has 0 spiro atoms. The molecule has 0 aliphatic carbocycles. The van der Waals surface area contributed by atoms with Gasteiger partial charge in [-0.3, -0.25) is 4.90 Å². The molecule has 3 aromatic rings. The first kappa shape index (κ1) is 15.4. The van der Waals surface area contributed by atoms with Gasteiger partial charge in [0.2, 0.25) is 0 Å². The second-order valence-corrected chi connectivity index (χ2v) is 6.70. The Kier molecular flexibility index (Phi) is 4.10. The molecule has 1 atom stereocenters. The number of benzene rings is 1. The zero-order valence-electron chi connectivity index (χ0n) is 13.0. The SMILES string of the molecule is O=c1cc(CN2CCO[C@H](c3ccsc3)C2)c2ccc(O)cc2o1. The van der Waals surface area contributed by atoms with Crippen molar-refractivity contribution in [3.63, 3.8) is 0 Å². The third kappa shape index (κ3) is 3.08. The van der Waals surface area contributed by atoms with Crippen molar-refractivity contribution < 1.29 is 14.3 Å². The Hall–Kier alpha value is -2.15. The second-order valence-electron chi connectivity index (χ2n) is 5.92. The minimum atomic E-state index is -0.397. The van der Waals surface area contributed by atoms with Crippen LogP contribution in [0.2, 0.25) is 0 Å². The summed E-state index contributed by atoms with van der Waals surface area (Å²) in [6, 6.07) is 8.51. The van der Waals surface area contributed by atoms with Crippen LogP contribution < -0.4 is 5.63 Å². The summed E-state index contributed by atoms with van der Waals surface area (Å²) in [6.45, 7) is 2.93. The molecule has 1 aromatic carbocycles. The van der Waals surface area contributed by atoms with Gasteiger partial charge in [0.1, 0.15) is 11.3 Å². The Bertz CT molecular complexity index is 903. The summed E-state index contributed by atoms with van der Waals surface area (Å²) in [5.41, 5.74) is 2.13. The lowest BCUT2D eigenvalue weighted by Gasteiger charge is -2.32. The van der Waals surface area contributed by atoms with Gasteiger partial charge in [-0.05, 0) is 40.1 Å². The fourth-order valence-electron chi connectivity index (χ4n) is 3.10. The van der Waals surface area contributed by atoms with Gasteiger partial charge in [-0.15, -0.1) is 0 Å². The molecular formula is C18H17NO4S. The first-order chi connectivity index (χ1) is 11.7. The lowest BCUT2D eigenvalue weighted by molar-refractivity contribution is -0.0326. The Morgan fingerprint density at radius 3 is 3.04 bits per heavy atom. The third-order valence-electron chi connectivity index (χ3n) is 4.27. The van der Waals surface area contributed by atoms with E-state index < -0.39 is 5.63 Å². The Balaban J connectivity index is 1.61. The fourth-order valence-corrected chi connectivity index (χ4v) is 3.80. The summed E-state index contributed by atoms with van der Waals surface area (Å²) in [4.78, 5) is 14.1. The van der Waals surface area contributed by atoms with E-state index in [0.717, 1.165) is 24.0 Å². The van der Waals surface area contributed by atoms with E-state index in [0.29, 0.717) is 18.7 Å². The minimum absolute atomic E-state index is 0.0698. The van der Waals surface area contributed by atoms with Crippen LogP contribution >= 0.6 is 11.3 Å². The zero-order valence-corrected chi connectivity index (χ0v) is 13.8. The molecule has 1 aliphatic rings. The fraction of sp³-hybridized carbons (Fsp3) is 0.278. The summed E-state index contributed by atoms with van der Waals surface area (Å²) in [7, 11) is 0. The Morgan fingerprint density at radius 1 is 1.29 bits per heavy atom. The maximum atomic E-state index is 11.8. The van der Waals surface area contributed by atoms with Gasteiger partial charge in [0.05, 0.1) is 12.7 Å². The molecule has 124 valence electrons. The summed E-state index contributed by atoms with van der Waals surface area (Å²) < 4.78 is 11.1. The van der Waals surface area contributed by atoms with Gasteiger partial charge in [-0.1, -0.05) is 0 Å². The largest absolute Gasteiger partial charge is 0.508 e. The highest BCUT2D eigenvalue weighted by Gasteiger charge is 2.23. The summed E-state index contributed by atoms with van der Waals surface area (Å²) in [5.74, 6) is 0.0895. The number of morpholine rings is 1. The van der Waals surface area contributed by atoms with Crippen LogP contribution in [0.15, 0.2) is 50.3 Å². The zero-order chi connectivity index (χ0) is 16.5. The average Bonchev–Trinajstić information content (AvgIpc) is 3.09. The molecule has 2 aromatic heterocycles. The second kappa shape index (κ2) is 6.39. The van der Waals surface area contributed by atoms with Gasteiger partial charge in [-0.25, -0.2) is 4.79 Å². The molecule has 1 N–H and O–H groups in total. The van der Waals surface area contributed by atoms with E-state index in [9.17, 15) is 9.90 Å². The maximum absolute atomic E-state index is 11.8. The number of hydrogen-bond donors (Lipinski definition) is 1. The molecule has 0 amide bonds. The van der Waals surface area contributed by atoms with Crippen LogP contribution in [-0.4, -0.2) is 29.7 Å². The van der Waals surface area contributed by atoms with Gasteiger partial charge in [-0.2, -0.15) is 11.3 Å². The quantitative estimate of drug-likeness (QED) is 0.740. The molecule has 1 aliphatic heterocycles. The van der Waals surface area contributed by atoms with Crippen molar-refractivity contribution in [3.8, 4) is 5.75 Å². The van der Waals surface area contributed by atoms with Crippen LogP contribution in [-0.2, 0) is 11.3 Å². The topological polar surface area (TPSA) is 62.9 Å². The number of ether oxygens (including phenoxy) is 1. The van der Waals surface area contributed by atoms with E-state index in [1.165, 1.54) is 17.7 Å². The number of phenolic OH excluding ortho intramolecular Hbond substituents is 1. The summed E-state index contributed by atoms with van der Waals surface area (Å²) in [5, 5.41) is 14.6. The van der Waals surface area contributed by atoms with Crippen LogP contribution in [0.25, 0.3) is 11.0 Å². The Morgan fingerprint density at radius 2 is 2.21 bits per heavy atom. The molecule has 4 rings (SSSR count). The van der Waals surface area contributed by atoms with Crippen molar-refractivity contribution in [1.29, 1.82) is 0 Å². The molecular weight excluding hydrogens is 326 g/mol. The van der Waals surface area contributed by atoms with E-state index in [-0.39, 0.29) is 11.9 Å². The van der Waals surface area contributed by atoms with Crippen LogP contribution in [0.5, 0.6) is 5.75 Å². The first-order valence-electron chi connectivity index (χ1n) is 7.81. The summed E-state index contributed by atoms with van der Waals surface area (Å²) in [6.07, 6.45) is 0.0698. The Labute approximate surface area is 142 Å². The molecule has 0 saturated carbocycles. The normalized spacial score (nSPS) is 18.9. The van der Waals surface area contributed by atoms with Crippen LogP contribution in [0, 0.1) is 0 Å². The molecule has 3 heterocycles. The van der Waals surface area contributed by atoms with Gasteiger partial charge in [0.25, 0.3) is 0 Å².